The van der Waals surface area contributed by atoms with E-state index in [1.165, 1.54) is 15.6 Å². The van der Waals surface area contributed by atoms with Gasteiger partial charge in [0, 0.05) is 25.1 Å². The highest BCUT2D eigenvalue weighted by atomic mass is 32.2. The first-order valence-corrected chi connectivity index (χ1v) is 9.08. The van der Waals surface area contributed by atoms with Gasteiger partial charge in [0.25, 0.3) is 10.0 Å². The number of hydrogen-bond donors (Lipinski definition) is 1. The Hall–Kier alpha value is -0.470. The maximum absolute atomic E-state index is 12.6. The van der Waals surface area contributed by atoms with E-state index in [1.807, 2.05) is 13.8 Å². The zero-order valence-electron chi connectivity index (χ0n) is 12.2. The minimum absolute atomic E-state index is 0.0420. The number of nitrogens with zero attached hydrogens (tertiary/aromatic N) is 1. The summed E-state index contributed by atoms with van der Waals surface area (Å²) >= 11 is 1.36. The number of rotatable bonds is 6. The third kappa shape index (κ3) is 3.23. The molecule has 0 amide bonds. The fraction of sp³-hybridized carbons (Fsp3) is 0.692. The molecule has 0 aromatic carbocycles. The van der Waals surface area contributed by atoms with Crippen molar-refractivity contribution in [3.63, 3.8) is 0 Å². The van der Waals surface area contributed by atoms with Gasteiger partial charge in [0.1, 0.15) is 4.21 Å². The average Bonchev–Trinajstić information content (AvgIpc) is 3.05. The first-order chi connectivity index (χ1) is 9.46. The van der Waals surface area contributed by atoms with Crippen LogP contribution in [0.2, 0.25) is 0 Å². The lowest BCUT2D eigenvalue weighted by Gasteiger charge is -2.21. The van der Waals surface area contributed by atoms with Gasteiger partial charge in [-0.3, -0.25) is 0 Å². The Morgan fingerprint density at radius 3 is 2.90 bits per heavy atom. The summed E-state index contributed by atoms with van der Waals surface area (Å²) in [6.07, 6.45) is 0.768. The van der Waals surface area contributed by atoms with Crippen LogP contribution in [0.3, 0.4) is 0 Å². The number of ether oxygens (including phenoxy) is 1. The van der Waals surface area contributed by atoms with Crippen molar-refractivity contribution in [3.05, 3.63) is 16.5 Å². The Labute approximate surface area is 125 Å². The molecule has 1 aliphatic rings. The summed E-state index contributed by atoms with van der Waals surface area (Å²) in [6, 6.07) is 1.73. The molecule has 1 saturated heterocycles. The van der Waals surface area contributed by atoms with Crippen LogP contribution in [0.25, 0.3) is 0 Å². The summed E-state index contributed by atoms with van der Waals surface area (Å²) in [4.78, 5) is 1.08. The molecule has 0 radical (unpaired) electrons. The molecule has 0 spiro atoms. The zero-order valence-corrected chi connectivity index (χ0v) is 13.8. The fourth-order valence-electron chi connectivity index (χ4n) is 2.18. The van der Waals surface area contributed by atoms with Crippen LogP contribution < -0.4 is 5.32 Å². The molecular formula is C13H22N2O3S2. The highest BCUT2D eigenvalue weighted by molar-refractivity contribution is 7.91. The van der Waals surface area contributed by atoms with Crippen molar-refractivity contribution >= 4 is 21.4 Å². The Bertz CT molecular complexity index is 548. The molecule has 1 aromatic rings. The lowest BCUT2D eigenvalue weighted by Crippen LogP contribution is -2.36. The molecule has 1 aromatic heterocycles. The number of sulfonamides is 1. The summed E-state index contributed by atoms with van der Waals surface area (Å²) in [7, 11) is -1.76. The minimum atomic E-state index is -3.41. The van der Waals surface area contributed by atoms with Crippen molar-refractivity contribution in [1.82, 2.24) is 9.62 Å². The van der Waals surface area contributed by atoms with Crippen molar-refractivity contribution < 1.29 is 13.2 Å². The molecule has 114 valence electrons. The predicted octanol–water partition coefficient (Wildman–Crippen LogP) is 1.58. The largest absolute Gasteiger partial charge is 0.380 e. The standard InChI is InChI=1S/C13H22N2O3S2/c1-4-14-8-12-10(2)7-13(19-12)20(16,17)15(3)11-5-6-18-9-11/h7,11,14H,4-6,8-9H2,1-3H3. The van der Waals surface area contributed by atoms with Crippen molar-refractivity contribution in [2.45, 2.75) is 37.1 Å². The monoisotopic (exact) mass is 318 g/mol. The van der Waals surface area contributed by atoms with Crippen LogP contribution in [0, 0.1) is 6.92 Å². The number of aryl methyl sites for hydroxylation is 1. The van der Waals surface area contributed by atoms with Crippen LogP contribution in [0.5, 0.6) is 0 Å². The van der Waals surface area contributed by atoms with E-state index in [9.17, 15) is 8.42 Å². The van der Waals surface area contributed by atoms with Crippen LogP contribution in [0.1, 0.15) is 23.8 Å². The van der Waals surface area contributed by atoms with Crippen molar-refractivity contribution in [1.29, 1.82) is 0 Å². The maximum Gasteiger partial charge on any atom is 0.252 e. The van der Waals surface area contributed by atoms with E-state index < -0.39 is 10.0 Å². The molecule has 1 unspecified atom stereocenters. The Balaban J connectivity index is 2.20. The zero-order chi connectivity index (χ0) is 14.8. The van der Waals surface area contributed by atoms with Crippen LogP contribution >= 0.6 is 11.3 Å². The van der Waals surface area contributed by atoms with E-state index in [-0.39, 0.29) is 6.04 Å². The number of likely N-dealkylation sites (N-methyl/N-ethyl adjacent to an activating group) is 1. The van der Waals surface area contributed by atoms with Gasteiger partial charge >= 0.3 is 0 Å². The van der Waals surface area contributed by atoms with Gasteiger partial charge in [-0.1, -0.05) is 6.92 Å². The van der Waals surface area contributed by atoms with Gasteiger partial charge in [-0.15, -0.1) is 11.3 Å². The van der Waals surface area contributed by atoms with Gasteiger partial charge in [0.2, 0.25) is 0 Å². The molecule has 1 aliphatic heterocycles. The van der Waals surface area contributed by atoms with Crippen LogP contribution in [-0.2, 0) is 21.3 Å². The predicted molar refractivity (Wildman–Crippen MR) is 80.6 cm³/mol. The van der Waals surface area contributed by atoms with Gasteiger partial charge in [0.15, 0.2) is 0 Å². The molecule has 2 rings (SSSR count). The number of hydrogen-bond acceptors (Lipinski definition) is 5. The maximum atomic E-state index is 12.6. The molecule has 1 fully saturated rings. The molecule has 0 aliphatic carbocycles. The van der Waals surface area contributed by atoms with Gasteiger partial charge in [-0.05, 0) is 31.5 Å². The van der Waals surface area contributed by atoms with Crippen molar-refractivity contribution in [2.75, 3.05) is 26.8 Å². The summed E-state index contributed by atoms with van der Waals surface area (Å²) in [6.45, 7) is 6.72. The SMILES string of the molecule is CCNCc1sc(S(=O)(=O)N(C)C2CCOC2)cc1C. The molecule has 20 heavy (non-hydrogen) atoms. The molecule has 0 saturated carbocycles. The summed E-state index contributed by atoms with van der Waals surface area (Å²) < 4.78 is 32.4. The van der Waals surface area contributed by atoms with E-state index in [0.717, 1.165) is 30.0 Å². The summed E-state index contributed by atoms with van der Waals surface area (Å²) in [5, 5.41) is 3.24. The van der Waals surface area contributed by atoms with E-state index >= 15 is 0 Å². The topological polar surface area (TPSA) is 58.6 Å². The highest BCUT2D eigenvalue weighted by Gasteiger charge is 2.32. The quantitative estimate of drug-likeness (QED) is 0.865. The second-order valence-electron chi connectivity index (χ2n) is 4.99. The van der Waals surface area contributed by atoms with Crippen LogP contribution in [0.15, 0.2) is 10.3 Å². The second kappa shape index (κ2) is 6.53. The van der Waals surface area contributed by atoms with Gasteiger partial charge in [0.05, 0.1) is 12.6 Å². The molecule has 1 atom stereocenters. The summed E-state index contributed by atoms with van der Waals surface area (Å²) in [5.74, 6) is 0. The second-order valence-corrected chi connectivity index (χ2v) is 8.35. The Morgan fingerprint density at radius 1 is 1.55 bits per heavy atom. The first-order valence-electron chi connectivity index (χ1n) is 6.82. The third-order valence-electron chi connectivity index (χ3n) is 3.59. The lowest BCUT2D eigenvalue weighted by atomic mass is 10.3. The Morgan fingerprint density at radius 2 is 2.30 bits per heavy atom. The third-order valence-corrected chi connectivity index (χ3v) is 7.18. The molecule has 5 nitrogen and oxygen atoms in total. The van der Waals surface area contributed by atoms with Crippen molar-refractivity contribution in [3.8, 4) is 0 Å². The van der Waals surface area contributed by atoms with E-state index in [4.69, 9.17) is 4.74 Å². The normalized spacial score (nSPS) is 19.9. The van der Waals surface area contributed by atoms with Gasteiger partial charge in [-0.2, -0.15) is 4.31 Å². The first kappa shape index (κ1) is 15.9. The van der Waals surface area contributed by atoms with Crippen molar-refractivity contribution in [2.24, 2.45) is 0 Å². The fourth-order valence-corrected chi connectivity index (χ4v) is 5.29. The van der Waals surface area contributed by atoms with E-state index in [0.29, 0.717) is 17.4 Å². The van der Waals surface area contributed by atoms with E-state index in [2.05, 4.69) is 5.32 Å². The number of thiophene rings is 1. The van der Waals surface area contributed by atoms with E-state index in [1.54, 1.807) is 13.1 Å². The molecule has 7 heteroatoms. The molecule has 0 bridgehead atoms. The lowest BCUT2D eigenvalue weighted by molar-refractivity contribution is 0.181. The number of nitrogens with one attached hydrogen (secondary N) is 1. The van der Waals surface area contributed by atoms with Gasteiger partial charge < -0.3 is 10.1 Å². The highest BCUT2D eigenvalue weighted by Crippen LogP contribution is 2.29. The smallest absolute Gasteiger partial charge is 0.252 e. The Kier molecular flexibility index (Phi) is 5.19. The average molecular weight is 318 g/mol. The minimum Gasteiger partial charge on any atom is -0.380 e. The van der Waals surface area contributed by atoms with Crippen LogP contribution in [-0.4, -0.2) is 45.6 Å². The summed E-state index contributed by atoms with van der Waals surface area (Å²) in [5.41, 5.74) is 1.03. The molecule has 2 heterocycles. The van der Waals surface area contributed by atoms with Crippen LogP contribution in [0.4, 0.5) is 0 Å². The molecular weight excluding hydrogens is 296 g/mol. The van der Waals surface area contributed by atoms with Gasteiger partial charge in [-0.25, -0.2) is 8.42 Å². The molecule has 1 N–H and O–H groups in total.